The van der Waals surface area contributed by atoms with E-state index in [-0.39, 0.29) is 5.09 Å². The van der Waals surface area contributed by atoms with Crippen molar-refractivity contribution < 1.29 is 5.11 Å². The maximum Gasteiger partial charge on any atom is 0.151 e. The van der Waals surface area contributed by atoms with Crippen LogP contribution in [0.1, 0.15) is 61.4 Å². The van der Waals surface area contributed by atoms with Gasteiger partial charge in [0.2, 0.25) is 0 Å². The predicted molar refractivity (Wildman–Crippen MR) is 154 cm³/mol. The first-order valence-corrected chi connectivity index (χ1v) is 13.4. The Morgan fingerprint density at radius 3 is 2.72 bits per heavy atom. The third-order valence-electron chi connectivity index (χ3n) is 6.75. The number of rotatable bonds is 10. The largest absolute Gasteiger partial charge is 0.502 e. The number of hydrogen-bond donors (Lipinski definition) is 1. The lowest BCUT2D eigenvalue weighted by molar-refractivity contribution is 0.454. The van der Waals surface area contributed by atoms with Crippen LogP contribution in [0.2, 0.25) is 0 Å². The molecule has 0 saturated carbocycles. The summed E-state index contributed by atoms with van der Waals surface area (Å²) in [4.78, 5) is 11.0. The fourth-order valence-corrected chi connectivity index (χ4v) is 5.16. The van der Waals surface area contributed by atoms with E-state index in [1.807, 2.05) is 43.4 Å². The van der Waals surface area contributed by atoms with Gasteiger partial charge in [0, 0.05) is 37.8 Å². The Morgan fingerprint density at radius 1 is 1.22 bits per heavy atom. The van der Waals surface area contributed by atoms with Gasteiger partial charge < -0.3 is 10.0 Å². The number of aliphatic hydroxyl groups is 1. The minimum absolute atomic E-state index is 0.261. The first-order valence-electron chi connectivity index (χ1n) is 12.5. The number of pyridine rings is 1. The molecule has 2 aliphatic rings. The van der Waals surface area contributed by atoms with Gasteiger partial charge in [0.05, 0.1) is 10.7 Å². The summed E-state index contributed by atoms with van der Waals surface area (Å²) in [6, 6.07) is 8.81. The van der Waals surface area contributed by atoms with Crippen molar-refractivity contribution in [3.8, 4) is 0 Å². The molecule has 0 atom stereocenters. The molecule has 0 bridgehead atoms. The van der Waals surface area contributed by atoms with E-state index in [2.05, 4.69) is 55.9 Å². The van der Waals surface area contributed by atoms with E-state index < -0.39 is 0 Å². The Bertz CT molecular complexity index is 1300. The van der Waals surface area contributed by atoms with Gasteiger partial charge in [-0.05, 0) is 108 Å². The Morgan fingerprint density at radius 2 is 2.00 bits per heavy atom. The molecule has 2 aromatic rings. The van der Waals surface area contributed by atoms with Crippen LogP contribution in [-0.4, -0.2) is 27.7 Å². The van der Waals surface area contributed by atoms with Crippen LogP contribution < -0.4 is 0 Å². The summed E-state index contributed by atoms with van der Waals surface area (Å²) in [5, 5.41) is 10.9. The molecule has 186 valence electrons. The van der Waals surface area contributed by atoms with Crippen LogP contribution in [0.3, 0.4) is 0 Å². The minimum atomic E-state index is 0.261. The smallest absolute Gasteiger partial charge is 0.151 e. The number of aliphatic imine (C=N–C) groups is 1. The molecular weight excluding hydrogens is 462 g/mol. The first-order chi connectivity index (χ1) is 17.4. The molecule has 0 unspecified atom stereocenters. The zero-order valence-corrected chi connectivity index (χ0v) is 22.5. The molecule has 1 aliphatic carbocycles. The summed E-state index contributed by atoms with van der Waals surface area (Å²) in [6.07, 6.45) is 16.9. The highest BCUT2D eigenvalue weighted by atomic mass is 32.2. The summed E-state index contributed by atoms with van der Waals surface area (Å²) in [5.41, 5.74) is 11.6. The molecule has 36 heavy (non-hydrogen) atoms. The Balaban J connectivity index is 1.50. The quantitative estimate of drug-likeness (QED) is 0.341. The van der Waals surface area contributed by atoms with E-state index in [4.69, 9.17) is 4.99 Å². The molecule has 0 radical (unpaired) electrons. The van der Waals surface area contributed by atoms with Crippen LogP contribution in [0.15, 0.2) is 93.5 Å². The SMILES string of the molecule is C=C(S/C(O)=C/C)N(C)/C=C(\C)C1=Cc2c(CCC3=CCC(c4ccncc4)=N3)cc(CC)cc2C1. The van der Waals surface area contributed by atoms with E-state index in [0.717, 1.165) is 48.4 Å². The van der Waals surface area contributed by atoms with Crippen LogP contribution in [-0.2, 0) is 19.3 Å². The van der Waals surface area contributed by atoms with Crippen LogP contribution in [0.4, 0.5) is 0 Å². The van der Waals surface area contributed by atoms with E-state index in [0.29, 0.717) is 0 Å². The average molecular weight is 498 g/mol. The van der Waals surface area contributed by atoms with Gasteiger partial charge in [-0.2, -0.15) is 0 Å². The fraction of sp³-hybridized carbons (Fsp3) is 0.290. The summed E-state index contributed by atoms with van der Waals surface area (Å²) in [5.74, 6) is 0. The third kappa shape index (κ3) is 6.08. The second-order valence-electron chi connectivity index (χ2n) is 9.27. The van der Waals surface area contributed by atoms with Crippen molar-refractivity contribution >= 4 is 23.5 Å². The molecule has 0 saturated heterocycles. The number of allylic oxidation sites excluding steroid dienone is 5. The predicted octanol–water partition coefficient (Wildman–Crippen LogP) is 7.75. The van der Waals surface area contributed by atoms with Gasteiger partial charge >= 0.3 is 0 Å². The number of aliphatic hydroxyl groups excluding tert-OH is 1. The minimum Gasteiger partial charge on any atom is -0.502 e. The van der Waals surface area contributed by atoms with Gasteiger partial charge in [-0.1, -0.05) is 37.8 Å². The molecule has 1 aliphatic heterocycles. The second-order valence-corrected chi connectivity index (χ2v) is 10.4. The maximum absolute atomic E-state index is 9.81. The van der Waals surface area contributed by atoms with Gasteiger partial charge in [-0.3, -0.25) is 9.98 Å². The van der Waals surface area contributed by atoms with Gasteiger partial charge in [0.25, 0.3) is 0 Å². The lowest BCUT2D eigenvalue weighted by Gasteiger charge is -2.18. The number of aryl methyl sites for hydroxylation is 2. The number of thioether (sulfide) groups is 1. The molecule has 1 aromatic carbocycles. The normalized spacial score (nSPS) is 15.4. The zero-order chi connectivity index (χ0) is 25.7. The molecule has 4 rings (SSSR count). The van der Waals surface area contributed by atoms with Crippen molar-refractivity contribution in [2.24, 2.45) is 4.99 Å². The van der Waals surface area contributed by atoms with E-state index in [9.17, 15) is 5.11 Å². The summed E-state index contributed by atoms with van der Waals surface area (Å²) >= 11 is 1.27. The molecule has 4 nitrogen and oxygen atoms in total. The molecule has 1 aromatic heterocycles. The Kier molecular flexibility index (Phi) is 8.32. The lowest BCUT2D eigenvalue weighted by Crippen LogP contribution is -2.08. The van der Waals surface area contributed by atoms with Gasteiger partial charge in [0.15, 0.2) is 5.09 Å². The highest BCUT2D eigenvalue weighted by Gasteiger charge is 2.19. The number of fused-ring (bicyclic) bond motifs is 1. The van der Waals surface area contributed by atoms with Crippen molar-refractivity contribution in [2.75, 3.05) is 7.05 Å². The topological polar surface area (TPSA) is 48.7 Å². The average Bonchev–Trinajstić information content (AvgIpc) is 3.55. The van der Waals surface area contributed by atoms with E-state index in [1.54, 1.807) is 6.08 Å². The highest BCUT2D eigenvalue weighted by Crippen LogP contribution is 2.35. The van der Waals surface area contributed by atoms with Crippen LogP contribution in [0, 0.1) is 0 Å². The van der Waals surface area contributed by atoms with E-state index in [1.165, 1.54) is 50.9 Å². The molecule has 2 heterocycles. The van der Waals surface area contributed by atoms with Crippen molar-refractivity contribution in [1.82, 2.24) is 9.88 Å². The summed E-state index contributed by atoms with van der Waals surface area (Å²) in [6.45, 7) is 10.3. The van der Waals surface area contributed by atoms with Gasteiger partial charge in [-0.25, -0.2) is 0 Å². The Labute approximate surface area is 219 Å². The van der Waals surface area contributed by atoms with Gasteiger partial charge in [-0.15, -0.1) is 0 Å². The number of hydrogen-bond acceptors (Lipinski definition) is 5. The lowest BCUT2D eigenvalue weighted by atomic mass is 9.95. The van der Waals surface area contributed by atoms with Crippen LogP contribution in [0.25, 0.3) is 6.08 Å². The van der Waals surface area contributed by atoms with Gasteiger partial charge in [0.1, 0.15) is 0 Å². The molecule has 0 amide bonds. The van der Waals surface area contributed by atoms with E-state index >= 15 is 0 Å². The fourth-order valence-electron chi connectivity index (χ4n) is 4.60. The maximum atomic E-state index is 9.81. The molecule has 0 fully saturated rings. The van der Waals surface area contributed by atoms with Crippen molar-refractivity contribution in [2.45, 2.75) is 52.9 Å². The highest BCUT2D eigenvalue weighted by molar-refractivity contribution is 8.06. The van der Waals surface area contributed by atoms with Crippen molar-refractivity contribution in [1.29, 1.82) is 0 Å². The molecular formula is C31H35N3OS. The third-order valence-corrected chi connectivity index (χ3v) is 7.72. The summed E-state index contributed by atoms with van der Waals surface area (Å²) in [7, 11) is 1.97. The molecule has 5 heteroatoms. The number of nitrogens with zero attached hydrogens (tertiary/aromatic N) is 3. The molecule has 0 spiro atoms. The first kappa shape index (κ1) is 25.8. The number of benzene rings is 1. The zero-order valence-electron chi connectivity index (χ0n) is 21.7. The Hall–Kier alpha value is -3.31. The molecule has 1 N–H and O–H groups in total. The summed E-state index contributed by atoms with van der Waals surface area (Å²) < 4.78 is 0. The van der Waals surface area contributed by atoms with Crippen molar-refractivity contribution in [3.05, 3.63) is 116 Å². The van der Waals surface area contributed by atoms with Crippen LogP contribution >= 0.6 is 11.8 Å². The standard InChI is InChI=1S/C31H35N3OS/c1-6-23-16-25(8-9-28-10-11-30(33-28)24-12-14-32-15-13-24)29-19-26(18-27(29)17-23)21(3)20-34(5)22(4)36-31(35)7-2/h7,10,12-17,19-20,35H,4,6,8-9,11,18H2,1-3,5H3/b21-20+,31-7+. The van der Waals surface area contributed by atoms with Crippen molar-refractivity contribution in [3.63, 3.8) is 0 Å². The second kappa shape index (κ2) is 11.6. The van der Waals surface area contributed by atoms with Crippen LogP contribution in [0.5, 0.6) is 0 Å². The monoisotopic (exact) mass is 497 g/mol. The number of aromatic nitrogens is 1.